The Kier molecular flexibility index (Phi) is 12.3. The van der Waals surface area contributed by atoms with Crippen LogP contribution in [0.1, 0.15) is 102 Å². The second kappa shape index (κ2) is 14.2. The van der Waals surface area contributed by atoms with Gasteiger partial charge in [-0.2, -0.15) is 0 Å². The van der Waals surface area contributed by atoms with Crippen molar-refractivity contribution in [1.29, 1.82) is 0 Å². The van der Waals surface area contributed by atoms with Crippen molar-refractivity contribution in [2.24, 2.45) is 11.8 Å². The molecule has 0 unspecified atom stereocenters. The molecule has 2 amide bonds. The molecule has 1 aromatic heterocycles. The smallest absolute Gasteiger partial charge is 0.273 e. The van der Waals surface area contributed by atoms with E-state index >= 15 is 0 Å². The van der Waals surface area contributed by atoms with Gasteiger partial charge in [-0.25, -0.2) is 4.98 Å². The number of unbranched alkanes of at least 4 members (excludes halogenated alkanes) is 6. The molecular formula is C23H41N3O3. The van der Waals surface area contributed by atoms with Crippen molar-refractivity contribution in [3.63, 3.8) is 0 Å². The zero-order valence-electron chi connectivity index (χ0n) is 19.1. The van der Waals surface area contributed by atoms with Crippen LogP contribution >= 0.6 is 0 Å². The van der Waals surface area contributed by atoms with Crippen LogP contribution < -0.4 is 5.32 Å². The maximum atomic E-state index is 12.7. The SMILES string of the molecule is CCCCCCCCCC(=O)N(Cc1nc(C(=O)NCC(C)C)co1)CC(C)C. The predicted octanol–water partition coefficient (Wildman–Crippen LogP) is 5.19. The van der Waals surface area contributed by atoms with Crippen LogP contribution in [0.25, 0.3) is 0 Å². The summed E-state index contributed by atoms with van der Waals surface area (Å²) in [6.07, 6.45) is 10.3. The molecule has 0 bridgehead atoms. The van der Waals surface area contributed by atoms with E-state index in [4.69, 9.17) is 4.42 Å². The number of hydrogen-bond donors (Lipinski definition) is 1. The Balaban J connectivity index is 2.52. The first-order valence-corrected chi connectivity index (χ1v) is 11.3. The number of nitrogens with zero attached hydrogens (tertiary/aromatic N) is 2. The molecule has 0 spiro atoms. The summed E-state index contributed by atoms with van der Waals surface area (Å²) in [4.78, 5) is 30.9. The molecule has 1 N–H and O–H groups in total. The summed E-state index contributed by atoms with van der Waals surface area (Å²) in [5.74, 6) is 1.04. The Bertz CT molecular complexity index is 596. The van der Waals surface area contributed by atoms with Crippen LogP contribution in [0.2, 0.25) is 0 Å². The van der Waals surface area contributed by atoms with Crippen molar-refractivity contribution in [1.82, 2.24) is 15.2 Å². The molecule has 166 valence electrons. The van der Waals surface area contributed by atoms with Crippen LogP contribution in [0.4, 0.5) is 0 Å². The molecule has 0 atom stereocenters. The van der Waals surface area contributed by atoms with E-state index in [9.17, 15) is 9.59 Å². The van der Waals surface area contributed by atoms with E-state index < -0.39 is 0 Å². The highest BCUT2D eigenvalue weighted by Gasteiger charge is 2.19. The Morgan fingerprint density at radius 2 is 1.69 bits per heavy atom. The minimum atomic E-state index is -0.237. The van der Waals surface area contributed by atoms with E-state index in [0.717, 1.165) is 12.8 Å². The number of carbonyl (C=O) groups is 2. The molecule has 0 aliphatic heterocycles. The van der Waals surface area contributed by atoms with Crippen LogP contribution in [0.15, 0.2) is 10.7 Å². The van der Waals surface area contributed by atoms with Gasteiger partial charge in [0.1, 0.15) is 6.26 Å². The predicted molar refractivity (Wildman–Crippen MR) is 117 cm³/mol. The molecule has 1 heterocycles. The average molecular weight is 408 g/mol. The summed E-state index contributed by atoms with van der Waals surface area (Å²) in [5.41, 5.74) is 0.268. The van der Waals surface area contributed by atoms with E-state index in [1.165, 1.54) is 38.4 Å². The highest BCUT2D eigenvalue weighted by atomic mass is 16.3. The zero-order valence-corrected chi connectivity index (χ0v) is 19.1. The lowest BCUT2D eigenvalue weighted by Gasteiger charge is -2.23. The van der Waals surface area contributed by atoms with Gasteiger partial charge >= 0.3 is 0 Å². The second-order valence-corrected chi connectivity index (χ2v) is 8.77. The number of carbonyl (C=O) groups excluding carboxylic acids is 2. The highest BCUT2D eigenvalue weighted by molar-refractivity contribution is 5.91. The van der Waals surface area contributed by atoms with Crippen molar-refractivity contribution < 1.29 is 14.0 Å². The Morgan fingerprint density at radius 1 is 1.03 bits per heavy atom. The van der Waals surface area contributed by atoms with Gasteiger partial charge in [0.15, 0.2) is 5.69 Å². The number of amides is 2. The Hall–Kier alpha value is -1.85. The maximum Gasteiger partial charge on any atom is 0.273 e. The fourth-order valence-electron chi connectivity index (χ4n) is 3.13. The topological polar surface area (TPSA) is 75.4 Å². The number of nitrogens with one attached hydrogen (secondary N) is 1. The van der Waals surface area contributed by atoms with Gasteiger partial charge in [0, 0.05) is 19.5 Å². The first-order chi connectivity index (χ1) is 13.8. The van der Waals surface area contributed by atoms with E-state index in [1.807, 2.05) is 18.7 Å². The lowest BCUT2D eigenvalue weighted by Crippen LogP contribution is -2.33. The fourth-order valence-corrected chi connectivity index (χ4v) is 3.13. The normalized spacial score (nSPS) is 11.3. The quantitative estimate of drug-likeness (QED) is 0.406. The van der Waals surface area contributed by atoms with E-state index in [1.54, 1.807) is 0 Å². The first kappa shape index (κ1) is 25.2. The molecule has 6 nitrogen and oxygen atoms in total. The van der Waals surface area contributed by atoms with Crippen molar-refractivity contribution in [3.8, 4) is 0 Å². The van der Waals surface area contributed by atoms with Crippen molar-refractivity contribution in [3.05, 3.63) is 17.8 Å². The van der Waals surface area contributed by atoms with Crippen LogP contribution in [0, 0.1) is 11.8 Å². The van der Waals surface area contributed by atoms with Gasteiger partial charge in [0.25, 0.3) is 5.91 Å². The van der Waals surface area contributed by atoms with Crippen molar-refractivity contribution in [2.75, 3.05) is 13.1 Å². The summed E-state index contributed by atoms with van der Waals surface area (Å²) < 4.78 is 5.47. The largest absolute Gasteiger partial charge is 0.446 e. The molecule has 0 saturated carbocycles. The van der Waals surface area contributed by atoms with Crippen LogP contribution in [0.3, 0.4) is 0 Å². The minimum absolute atomic E-state index is 0.135. The maximum absolute atomic E-state index is 12.7. The number of rotatable bonds is 15. The van der Waals surface area contributed by atoms with Gasteiger partial charge in [-0.15, -0.1) is 0 Å². The standard InChI is InChI=1S/C23H41N3O3/c1-6-7-8-9-10-11-12-13-22(27)26(15-19(4)5)16-21-25-20(17-29-21)23(28)24-14-18(2)3/h17-19H,6-16H2,1-5H3,(H,24,28). The van der Waals surface area contributed by atoms with Crippen LogP contribution in [-0.2, 0) is 11.3 Å². The fraction of sp³-hybridized carbons (Fsp3) is 0.783. The number of hydrogen-bond acceptors (Lipinski definition) is 4. The summed E-state index contributed by atoms with van der Waals surface area (Å²) >= 11 is 0. The Labute approximate surface area is 176 Å². The van der Waals surface area contributed by atoms with Gasteiger partial charge in [-0.05, 0) is 18.3 Å². The third-order valence-corrected chi connectivity index (χ3v) is 4.71. The van der Waals surface area contributed by atoms with Crippen LogP contribution in [0.5, 0.6) is 0 Å². The third kappa shape index (κ3) is 11.1. The summed E-state index contributed by atoms with van der Waals surface area (Å²) in [6.45, 7) is 12.0. The molecular weight excluding hydrogens is 366 g/mol. The summed E-state index contributed by atoms with van der Waals surface area (Å²) in [6, 6.07) is 0. The second-order valence-electron chi connectivity index (χ2n) is 8.77. The molecule has 1 aromatic rings. The van der Waals surface area contributed by atoms with Crippen molar-refractivity contribution >= 4 is 11.8 Å². The minimum Gasteiger partial charge on any atom is -0.446 e. The highest BCUT2D eigenvalue weighted by Crippen LogP contribution is 2.13. The lowest BCUT2D eigenvalue weighted by atomic mass is 10.1. The Morgan fingerprint density at radius 3 is 2.31 bits per heavy atom. The molecule has 0 aliphatic rings. The summed E-state index contributed by atoms with van der Waals surface area (Å²) in [7, 11) is 0. The van der Waals surface area contributed by atoms with Crippen molar-refractivity contribution in [2.45, 2.75) is 92.5 Å². The van der Waals surface area contributed by atoms with E-state index in [2.05, 4.69) is 31.1 Å². The van der Waals surface area contributed by atoms with Gasteiger partial charge < -0.3 is 14.6 Å². The number of aromatic nitrogens is 1. The molecule has 0 saturated heterocycles. The van der Waals surface area contributed by atoms with Gasteiger partial charge in [0.05, 0.1) is 6.54 Å². The summed E-state index contributed by atoms with van der Waals surface area (Å²) in [5, 5.41) is 2.83. The van der Waals surface area contributed by atoms with Gasteiger partial charge in [-0.3, -0.25) is 9.59 Å². The van der Waals surface area contributed by atoms with E-state index in [0.29, 0.717) is 43.8 Å². The first-order valence-electron chi connectivity index (χ1n) is 11.3. The molecule has 29 heavy (non-hydrogen) atoms. The van der Waals surface area contributed by atoms with Gasteiger partial charge in [0.2, 0.25) is 11.8 Å². The molecule has 0 aliphatic carbocycles. The molecule has 0 aromatic carbocycles. The lowest BCUT2D eigenvalue weighted by molar-refractivity contribution is -0.132. The number of oxazole rings is 1. The van der Waals surface area contributed by atoms with Crippen LogP contribution in [-0.4, -0.2) is 34.8 Å². The monoisotopic (exact) mass is 407 g/mol. The molecule has 6 heteroatoms. The molecule has 1 rings (SSSR count). The molecule has 0 fully saturated rings. The zero-order chi connectivity index (χ0) is 21.6. The van der Waals surface area contributed by atoms with E-state index in [-0.39, 0.29) is 17.5 Å². The molecule has 0 radical (unpaired) electrons. The average Bonchev–Trinajstić information content (AvgIpc) is 3.13. The van der Waals surface area contributed by atoms with Gasteiger partial charge in [-0.1, -0.05) is 73.1 Å². The third-order valence-electron chi connectivity index (χ3n) is 4.71.